The third-order valence-corrected chi connectivity index (χ3v) is 4.30. The molecule has 0 saturated carbocycles. The molecule has 2 rings (SSSR count). The summed E-state index contributed by atoms with van der Waals surface area (Å²) in [6.07, 6.45) is 0.682. The predicted octanol–water partition coefficient (Wildman–Crippen LogP) is 2.39. The molecule has 2 amide bonds. The summed E-state index contributed by atoms with van der Waals surface area (Å²) in [5, 5.41) is 13.9. The first-order valence-corrected chi connectivity index (χ1v) is 8.07. The molecule has 126 valence electrons. The van der Waals surface area contributed by atoms with E-state index in [0.29, 0.717) is 19.5 Å². The Hall–Kier alpha value is -2.15. The van der Waals surface area contributed by atoms with Crippen molar-refractivity contribution in [3.05, 3.63) is 39.9 Å². The molecule has 7 heteroatoms. The maximum Gasteiger partial charge on any atom is 0.317 e. The standard InChI is InChI=1S/C16H24N4O3/c1-3-15(13-6-5-7-14(12-13)20(22)23)17-16(21)19-10-8-18(4-2)9-11-19/h5-7,12,15H,3-4,8-11H2,1-2H3,(H,17,21)/t15-/m0/s1. The lowest BCUT2D eigenvalue weighted by Gasteiger charge is -2.35. The molecule has 0 aromatic heterocycles. The van der Waals surface area contributed by atoms with E-state index in [1.54, 1.807) is 6.07 Å². The van der Waals surface area contributed by atoms with Crippen LogP contribution < -0.4 is 5.32 Å². The number of hydrogen-bond donors (Lipinski definition) is 1. The van der Waals surface area contributed by atoms with Crippen LogP contribution in [-0.4, -0.2) is 53.5 Å². The first-order chi connectivity index (χ1) is 11.0. The number of likely N-dealkylation sites (N-methyl/N-ethyl adjacent to an activating group) is 1. The molecule has 1 N–H and O–H groups in total. The molecule has 1 fully saturated rings. The number of piperazine rings is 1. The molecule has 1 saturated heterocycles. The van der Waals surface area contributed by atoms with Crippen LogP contribution in [0.2, 0.25) is 0 Å². The van der Waals surface area contributed by atoms with Crippen molar-refractivity contribution in [2.24, 2.45) is 0 Å². The Kier molecular flexibility index (Phi) is 5.92. The predicted molar refractivity (Wildman–Crippen MR) is 88.3 cm³/mol. The van der Waals surface area contributed by atoms with Crippen molar-refractivity contribution in [1.82, 2.24) is 15.1 Å². The summed E-state index contributed by atoms with van der Waals surface area (Å²) < 4.78 is 0. The second-order valence-corrected chi connectivity index (χ2v) is 5.68. The zero-order chi connectivity index (χ0) is 16.8. The van der Waals surface area contributed by atoms with E-state index in [0.717, 1.165) is 25.2 Å². The summed E-state index contributed by atoms with van der Waals surface area (Å²) >= 11 is 0. The molecule has 0 aliphatic carbocycles. The van der Waals surface area contributed by atoms with Crippen LogP contribution in [0.3, 0.4) is 0 Å². The average Bonchev–Trinajstić information content (AvgIpc) is 2.59. The number of nitro groups is 1. The van der Waals surface area contributed by atoms with Gasteiger partial charge < -0.3 is 15.1 Å². The van der Waals surface area contributed by atoms with E-state index in [2.05, 4.69) is 17.1 Å². The third-order valence-electron chi connectivity index (χ3n) is 4.30. The molecule has 1 aromatic carbocycles. The van der Waals surface area contributed by atoms with Gasteiger partial charge in [0.05, 0.1) is 11.0 Å². The Morgan fingerprint density at radius 1 is 1.30 bits per heavy atom. The Morgan fingerprint density at radius 2 is 2.00 bits per heavy atom. The van der Waals surface area contributed by atoms with E-state index in [1.165, 1.54) is 12.1 Å². The Bertz CT molecular complexity index is 556. The molecule has 7 nitrogen and oxygen atoms in total. The highest BCUT2D eigenvalue weighted by Gasteiger charge is 2.23. The largest absolute Gasteiger partial charge is 0.331 e. The summed E-state index contributed by atoms with van der Waals surface area (Å²) in [7, 11) is 0. The van der Waals surface area contributed by atoms with E-state index in [-0.39, 0.29) is 17.8 Å². The van der Waals surface area contributed by atoms with Gasteiger partial charge in [0.1, 0.15) is 0 Å². The van der Waals surface area contributed by atoms with Gasteiger partial charge in [-0.1, -0.05) is 26.0 Å². The number of rotatable bonds is 5. The number of hydrogen-bond acceptors (Lipinski definition) is 4. The number of amides is 2. The molecule has 1 heterocycles. The number of carbonyl (C=O) groups is 1. The maximum absolute atomic E-state index is 12.4. The lowest BCUT2D eigenvalue weighted by molar-refractivity contribution is -0.384. The molecule has 1 aliphatic rings. The fourth-order valence-electron chi connectivity index (χ4n) is 2.78. The monoisotopic (exact) mass is 320 g/mol. The normalized spacial score (nSPS) is 16.9. The van der Waals surface area contributed by atoms with Crippen LogP contribution in [0.5, 0.6) is 0 Å². The van der Waals surface area contributed by atoms with Gasteiger partial charge >= 0.3 is 6.03 Å². The van der Waals surface area contributed by atoms with Crippen molar-refractivity contribution in [3.8, 4) is 0 Å². The Balaban J connectivity index is 2.00. The van der Waals surface area contributed by atoms with E-state index < -0.39 is 4.92 Å². The molecule has 0 bridgehead atoms. The van der Waals surface area contributed by atoms with E-state index in [1.807, 2.05) is 17.9 Å². The van der Waals surface area contributed by atoms with Crippen LogP contribution in [0, 0.1) is 10.1 Å². The van der Waals surface area contributed by atoms with Gasteiger partial charge in [-0.2, -0.15) is 0 Å². The first-order valence-electron chi connectivity index (χ1n) is 8.07. The molecule has 1 aromatic rings. The highest BCUT2D eigenvalue weighted by atomic mass is 16.6. The maximum atomic E-state index is 12.4. The fraction of sp³-hybridized carbons (Fsp3) is 0.562. The van der Waals surface area contributed by atoms with Gasteiger partial charge in [0.2, 0.25) is 0 Å². The van der Waals surface area contributed by atoms with E-state index in [4.69, 9.17) is 0 Å². The van der Waals surface area contributed by atoms with Crippen LogP contribution in [0.15, 0.2) is 24.3 Å². The van der Waals surface area contributed by atoms with Crippen LogP contribution in [0.1, 0.15) is 31.9 Å². The van der Waals surface area contributed by atoms with Crippen molar-refractivity contribution < 1.29 is 9.72 Å². The van der Waals surface area contributed by atoms with Crippen LogP contribution >= 0.6 is 0 Å². The molecule has 23 heavy (non-hydrogen) atoms. The summed E-state index contributed by atoms with van der Waals surface area (Å²) in [5.74, 6) is 0. The number of nitrogens with zero attached hydrogens (tertiary/aromatic N) is 3. The molecular formula is C16H24N4O3. The van der Waals surface area contributed by atoms with Crippen LogP contribution in [0.25, 0.3) is 0 Å². The molecule has 1 atom stereocenters. The molecular weight excluding hydrogens is 296 g/mol. The number of benzene rings is 1. The molecule has 0 radical (unpaired) electrons. The van der Waals surface area contributed by atoms with Crippen molar-refractivity contribution in [2.45, 2.75) is 26.3 Å². The molecule has 0 unspecified atom stereocenters. The Labute approximate surface area is 136 Å². The van der Waals surface area contributed by atoms with Crippen molar-refractivity contribution >= 4 is 11.7 Å². The minimum absolute atomic E-state index is 0.0479. The minimum atomic E-state index is -0.415. The van der Waals surface area contributed by atoms with Gasteiger partial charge in [-0.05, 0) is 18.5 Å². The topological polar surface area (TPSA) is 78.7 Å². The van der Waals surface area contributed by atoms with Gasteiger partial charge in [-0.25, -0.2) is 4.79 Å². The summed E-state index contributed by atoms with van der Waals surface area (Å²) in [5.41, 5.74) is 0.814. The summed E-state index contributed by atoms with van der Waals surface area (Å²) in [6, 6.07) is 6.15. The second-order valence-electron chi connectivity index (χ2n) is 5.68. The van der Waals surface area contributed by atoms with Gasteiger partial charge in [-0.3, -0.25) is 10.1 Å². The zero-order valence-electron chi connectivity index (χ0n) is 13.7. The molecule has 1 aliphatic heterocycles. The summed E-state index contributed by atoms with van der Waals surface area (Å²) in [4.78, 5) is 27.0. The smallest absolute Gasteiger partial charge is 0.317 e. The lowest BCUT2D eigenvalue weighted by atomic mass is 10.0. The highest BCUT2D eigenvalue weighted by molar-refractivity contribution is 5.75. The van der Waals surface area contributed by atoms with Crippen molar-refractivity contribution in [1.29, 1.82) is 0 Å². The highest BCUT2D eigenvalue weighted by Crippen LogP contribution is 2.22. The zero-order valence-corrected chi connectivity index (χ0v) is 13.7. The summed E-state index contributed by atoms with van der Waals surface area (Å²) in [6.45, 7) is 8.27. The Morgan fingerprint density at radius 3 is 2.57 bits per heavy atom. The lowest BCUT2D eigenvalue weighted by Crippen LogP contribution is -2.52. The quantitative estimate of drug-likeness (QED) is 0.667. The molecule has 0 spiro atoms. The number of non-ortho nitro benzene ring substituents is 1. The van der Waals surface area contributed by atoms with Gasteiger partial charge in [-0.15, -0.1) is 0 Å². The van der Waals surface area contributed by atoms with Gasteiger partial charge in [0.25, 0.3) is 5.69 Å². The van der Waals surface area contributed by atoms with Crippen LogP contribution in [0.4, 0.5) is 10.5 Å². The number of carbonyl (C=O) groups excluding carboxylic acids is 1. The van der Waals surface area contributed by atoms with Crippen LogP contribution in [-0.2, 0) is 0 Å². The fourth-order valence-corrected chi connectivity index (χ4v) is 2.78. The first kappa shape index (κ1) is 17.2. The van der Waals surface area contributed by atoms with Crippen molar-refractivity contribution in [2.75, 3.05) is 32.7 Å². The average molecular weight is 320 g/mol. The number of urea groups is 1. The number of nitro benzene ring substituents is 1. The van der Waals surface area contributed by atoms with E-state index in [9.17, 15) is 14.9 Å². The van der Waals surface area contributed by atoms with E-state index >= 15 is 0 Å². The SMILES string of the molecule is CC[C@H](NC(=O)N1CCN(CC)CC1)c1cccc([N+](=O)[O-])c1. The second kappa shape index (κ2) is 7.92. The number of nitrogens with one attached hydrogen (secondary N) is 1. The van der Waals surface area contributed by atoms with Crippen molar-refractivity contribution in [3.63, 3.8) is 0 Å². The van der Waals surface area contributed by atoms with Gasteiger partial charge in [0.15, 0.2) is 0 Å². The minimum Gasteiger partial charge on any atom is -0.331 e. The van der Waals surface area contributed by atoms with Gasteiger partial charge in [0, 0.05) is 38.3 Å². The third kappa shape index (κ3) is 4.41.